The maximum Gasteiger partial charge on any atom is 0.253 e. The summed E-state index contributed by atoms with van der Waals surface area (Å²) in [7, 11) is 0. The molecule has 12 heteroatoms. The van der Waals surface area contributed by atoms with Gasteiger partial charge in [0.25, 0.3) is 5.91 Å². The van der Waals surface area contributed by atoms with Crippen molar-refractivity contribution < 1.29 is 14.3 Å². The topological polar surface area (TPSA) is 113 Å². The van der Waals surface area contributed by atoms with E-state index in [0.29, 0.717) is 17.3 Å². The average Bonchev–Trinajstić information content (AvgIpc) is 3.57. The second kappa shape index (κ2) is 12.2. The number of β-lactam (4-membered cyclic amide) rings is 1. The first kappa shape index (κ1) is 27.2. The molecule has 4 heterocycles. The van der Waals surface area contributed by atoms with Crippen LogP contribution in [0.4, 0.5) is 0 Å². The van der Waals surface area contributed by atoms with E-state index in [2.05, 4.69) is 25.5 Å². The van der Waals surface area contributed by atoms with Crippen molar-refractivity contribution in [2.75, 3.05) is 11.5 Å². The molecule has 2 aliphatic heterocycles. The molecule has 2 atom stereocenters. The van der Waals surface area contributed by atoms with Gasteiger partial charge in [-0.3, -0.25) is 24.6 Å². The number of hydrogen-bond donors (Lipinski definition) is 2. The molecule has 2 amide bonds. The number of fused-ring (bicyclic) bond motifs is 1. The summed E-state index contributed by atoms with van der Waals surface area (Å²) in [5, 5.41) is 9.65. The molecule has 0 radical (unpaired) electrons. The van der Waals surface area contributed by atoms with E-state index in [1.54, 1.807) is 17.3 Å². The van der Waals surface area contributed by atoms with Crippen LogP contribution in [0, 0.1) is 0 Å². The van der Waals surface area contributed by atoms with E-state index in [1.165, 1.54) is 29.9 Å². The molecule has 206 valence electrons. The zero-order valence-corrected chi connectivity index (χ0v) is 24.0. The normalized spacial score (nSPS) is 18.1. The molecular weight excluding hydrogens is 577 g/mol. The molecule has 9 nitrogen and oxygen atoms in total. The van der Waals surface area contributed by atoms with Gasteiger partial charge in [-0.1, -0.05) is 60.7 Å². The summed E-state index contributed by atoms with van der Waals surface area (Å²) in [5.74, 6) is 0.737. The van der Waals surface area contributed by atoms with Crippen LogP contribution in [-0.4, -0.2) is 64.9 Å². The number of aromatic nitrogens is 4. The Bertz CT molecular complexity index is 1530. The summed E-state index contributed by atoms with van der Waals surface area (Å²) >= 11 is 8.82. The van der Waals surface area contributed by atoms with Gasteiger partial charge in [0.05, 0.1) is 5.75 Å². The van der Waals surface area contributed by atoms with Gasteiger partial charge in [0.2, 0.25) is 11.0 Å². The molecule has 4 aromatic rings. The summed E-state index contributed by atoms with van der Waals surface area (Å²) in [6, 6.07) is 22.6. The standard InChI is InChI=1S/C29H24N6O3S3/c36-22(16-40-20-11-13-30-14-12-20)33-23-27(37)35-24(21(15-41-28(23)35)26-31-17-32-34-26)29(39)38-25(18-7-3-1-4-8-18)19-9-5-2-6-10-19/h1-14,17,23,25,28H,15-16H2,(H,33,36)(H,31,32,34)/t23-,28-/m1/s1. The van der Waals surface area contributed by atoms with E-state index in [4.69, 9.17) is 17.0 Å². The van der Waals surface area contributed by atoms with Crippen molar-refractivity contribution in [3.8, 4) is 0 Å². The van der Waals surface area contributed by atoms with Crippen molar-refractivity contribution in [1.29, 1.82) is 0 Å². The molecule has 2 aromatic carbocycles. The van der Waals surface area contributed by atoms with Crippen molar-refractivity contribution in [1.82, 2.24) is 30.4 Å². The minimum atomic E-state index is -0.668. The summed E-state index contributed by atoms with van der Waals surface area (Å²) in [6.45, 7) is 0. The number of aromatic amines is 1. The van der Waals surface area contributed by atoms with Gasteiger partial charge < -0.3 is 10.1 Å². The Hall–Kier alpha value is -4.00. The number of rotatable bonds is 9. The molecule has 0 aliphatic carbocycles. The smallest absolute Gasteiger partial charge is 0.253 e. The molecule has 6 rings (SSSR count). The minimum Gasteiger partial charge on any atom is -0.469 e. The Morgan fingerprint density at radius 2 is 1.78 bits per heavy atom. The number of thiocarbonyl (C=S) groups is 1. The first-order valence-corrected chi connectivity index (χ1v) is 15.2. The molecule has 0 bridgehead atoms. The van der Waals surface area contributed by atoms with Crippen LogP contribution in [0.5, 0.6) is 0 Å². The third kappa shape index (κ3) is 5.76. The number of pyridine rings is 1. The number of benzene rings is 2. The molecule has 1 saturated heterocycles. The van der Waals surface area contributed by atoms with Gasteiger partial charge in [-0.2, -0.15) is 5.10 Å². The van der Waals surface area contributed by atoms with Crippen molar-refractivity contribution >= 4 is 58.2 Å². The van der Waals surface area contributed by atoms with E-state index < -0.39 is 12.1 Å². The summed E-state index contributed by atoms with van der Waals surface area (Å²) < 4.78 is 6.51. The zero-order chi connectivity index (χ0) is 28.2. The maximum atomic E-state index is 13.5. The Kier molecular flexibility index (Phi) is 8.12. The average molecular weight is 601 g/mol. The Morgan fingerprint density at radius 1 is 1.10 bits per heavy atom. The van der Waals surface area contributed by atoms with Crippen LogP contribution in [0.1, 0.15) is 23.1 Å². The number of carbonyl (C=O) groups is 2. The van der Waals surface area contributed by atoms with Crippen molar-refractivity contribution in [2.24, 2.45) is 0 Å². The van der Waals surface area contributed by atoms with Crippen LogP contribution >= 0.6 is 35.7 Å². The highest BCUT2D eigenvalue weighted by molar-refractivity contribution is 8.00. The molecule has 0 unspecified atom stereocenters. The summed E-state index contributed by atoms with van der Waals surface area (Å²) in [6.07, 6.45) is 4.28. The Balaban J connectivity index is 1.25. The van der Waals surface area contributed by atoms with Gasteiger partial charge in [0.1, 0.15) is 29.5 Å². The van der Waals surface area contributed by atoms with E-state index in [-0.39, 0.29) is 28.0 Å². The summed E-state index contributed by atoms with van der Waals surface area (Å²) in [4.78, 5) is 37.2. The second-order valence-corrected chi connectivity index (χ2v) is 11.7. The van der Waals surface area contributed by atoms with E-state index in [9.17, 15) is 9.59 Å². The first-order valence-electron chi connectivity index (χ1n) is 12.8. The van der Waals surface area contributed by atoms with Crippen molar-refractivity contribution in [2.45, 2.75) is 22.4 Å². The lowest BCUT2D eigenvalue weighted by Crippen LogP contribution is -2.70. The highest BCUT2D eigenvalue weighted by atomic mass is 32.2. The molecule has 2 aromatic heterocycles. The third-order valence-corrected chi connectivity index (χ3v) is 9.21. The van der Waals surface area contributed by atoms with Crippen LogP contribution in [0.2, 0.25) is 0 Å². The fourth-order valence-electron chi connectivity index (χ4n) is 4.69. The number of thioether (sulfide) groups is 2. The van der Waals surface area contributed by atoms with E-state index in [0.717, 1.165) is 21.6 Å². The van der Waals surface area contributed by atoms with Gasteiger partial charge in [-0.15, -0.1) is 23.5 Å². The fourth-order valence-corrected chi connectivity index (χ4v) is 7.05. The van der Waals surface area contributed by atoms with Crippen LogP contribution in [-0.2, 0) is 14.3 Å². The van der Waals surface area contributed by atoms with Crippen LogP contribution in [0.25, 0.3) is 5.57 Å². The van der Waals surface area contributed by atoms with E-state index >= 15 is 0 Å². The van der Waals surface area contributed by atoms with E-state index in [1.807, 2.05) is 72.8 Å². The molecule has 41 heavy (non-hydrogen) atoms. The number of ether oxygens (including phenoxy) is 1. The largest absolute Gasteiger partial charge is 0.469 e. The molecule has 0 saturated carbocycles. The predicted octanol–water partition coefficient (Wildman–Crippen LogP) is 4.24. The molecular formula is C29H24N6O3S3. The number of H-pyrrole nitrogens is 1. The van der Waals surface area contributed by atoms with Gasteiger partial charge in [-0.25, -0.2) is 4.98 Å². The summed E-state index contributed by atoms with van der Waals surface area (Å²) in [5.41, 5.74) is 3.05. The lowest BCUT2D eigenvalue weighted by molar-refractivity contribution is -0.145. The second-order valence-electron chi connectivity index (χ2n) is 9.19. The first-order chi connectivity index (χ1) is 20.1. The van der Waals surface area contributed by atoms with Gasteiger partial charge in [-0.05, 0) is 35.5 Å². The third-order valence-electron chi connectivity index (χ3n) is 6.63. The molecule has 2 aliphatic rings. The highest BCUT2D eigenvalue weighted by Gasteiger charge is 2.54. The minimum absolute atomic E-state index is 0.172. The van der Waals surface area contributed by atoms with Crippen LogP contribution < -0.4 is 5.32 Å². The van der Waals surface area contributed by atoms with Gasteiger partial charge in [0.15, 0.2) is 5.82 Å². The molecule has 1 fully saturated rings. The number of hydrogen-bond acceptors (Lipinski definition) is 9. The number of nitrogens with zero attached hydrogens (tertiary/aromatic N) is 4. The number of amides is 2. The van der Waals surface area contributed by atoms with Crippen LogP contribution in [0.15, 0.2) is 102 Å². The predicted molar refractivity (Wildman–Crippen MR) is 162 cm³/mol. The number of carbonyl (C=O) groups excluding carboxylic acids is 2. The number of nitrogens with one attached hydrogen (secondary N) is 2. The highest BCUT2D eigenvalue weighted by Crippen LogP contribution is 2.44. The SMILES string of the molecule is O=C(CSc1ccncc1)N[C@@H]1C(=O)N2C(C(=S)OC(c3ccccc3)c3ccccc3)=C(c3ncn[nH]3)CS[C@H]12. The zero-order valence-electron chi connectivity index (χ0n) is 21.5. The maximum absolute atomic E-state index is 13.5. The lowest BCUT2D eigenvalue weighted by Gasteiger charge is -2.50. The van der Waals surface area contributed by atoms with Gasteiger partial charge >= 0.3 is 0 Å². The molecule has 2 N–H and O–H groups in total. The van der Waals surface area contributed by atoms with Crippen molar-refractivity contribution in [3.05, 3.63) is 114 Å². The quantitative estimate of drug-likeness (QED) is 0.166. The Morgan fingerprint density at radius 3 is 2.41 bits per heavy atom. The fraction of sp³-hybridized carbons (Fsp3) is 0.172. The van der Waals surface area contributed by atoms with Crippen molar-refractivity contribution in [3.63, 3.8) is 0 Å². The molecule has 0 spiro atoms. The van der Waals surface area contributed by atoms with Crippen LogP contribution in [0.3, 0.4) is 0 Å². The lowest BCUT2D eigenvalue weighted by atomic mass is 10.0. The Labute approximate surface area is 250 Å². The van der Waals surface area contributed by atoms with Gasteiger partial charge in [0, 0.05) is 28.6 Å². The monoisotopic (exact) mass is 600 g/mol.